The molecule has 1 saturated carbocycles. The number of hydrogen-bond acceptors (Lipinski definition) is 5. The number of ether oxygens (including phenoxy) is 2. The lowest BCUT2D eigenvalue weighted by atomic mass is 9.98. The molecular weight excluding hydrogens is 458 g/mol. The topological polar surface area (TPSA) is 106 Å². The van der Waals surface area contributed by atoms with Gasteiger partial charge in [-0.05, 0) is 68.7 Å². The number of rotatable bonds is 9. The SMILES string of the molecule is CC(C)(C)OC(=O)N[C@@H](CCCNC(=O)OCC1c2ccccc2-c2ccccc21)C(=O)NC1CC1. The van der Waals surface area contributed by atoms with Crippen LogP contribution in [0.2, 0.25) is 0 Å². The summed E-state index contributed by atoms with van der Waals surface area (Å²) >= 11 is 0. The first kappa shape index (κ1) is 25.5. The van der Waals surface area contributed by atoms with E-state index in [0.717, 1.165) is 24.0 Å². The molecule has 36 heavy (non-hydrogen) atoms. The van der Waals surface area contributed by atoms with Gasteiger partial charge in [-0.2, -0.15) is 0 Å². The maximum atomic E-state index is 12.6. The van der Waals surface area contributed by atoms with E-state index in [0.29, 0.717) is 19.4 Å². The van der Waals surface area contributed by atoms with Gasteiger partial charge >= 0.3 is 12.2 Å². The Balaban J connectivity index is 1.24. The molecule has 0 radical (unpaired) electrons. The van der Waals surface area contributed by atoms with Crippen molar-refractivity contribution in [2.75, 3.05) is 13.2 Å². The highest BCUT2D eigenvalue weighted by Crippen LogP contribution is 2.44. The first-order valence-corrected chi connectivity index (χ1v) is 12.6. The summed E-state index contributed by atoms with van der Waals surface area (Å²) in [5, 5.41) is 8.33. The molecule has 192 valence electrons. The largest absolute Gasteiger partial charge is 0.449 e. The molecule has 0 spiro atoms. The molecule has 0 aliphatic heterocycles. The molecule has 2 aliphatic rings. The van der Waals surface area contributed by atoms with E-state index in [1.165, 1.54) is 11.1 Å². The quantitative estimate of drug-likeness (QED) is 0.447. The van der Waals surface area contributed by atoms with Gasteiger partial charge in [0.15, 0.2) is 0 Å². The van der Waals surface area contributed by atoms with E-state index >= 15 is 0 Å². The number of nitrogens with one attached hydrogen (secondary N) is 3. The molecule has 2 aromatic rings. The van der Waals surface area contributed by atoms with Crippen LogP contribution in [-0.4, -0.2) is 48.9 Å². The Labute approximate surface area is 212 Å². The molecule has 2 aromatic carbocycles. The van der Waals surface area contributed by atoms with E-state index in [4.69, 9.17) is 9.47 Å². The molecule has 1 atom stereocenters. The molecule has 1 fully saturated rings. The van der Waals surface area contributed by atoms with Crippen LogP contribution in [0.25, 0.3) is 11.1 Å². The second kappa shape index (κ2) is 11.0. The van der Waals surface area contributed by atoms with Gasteiger partial charge in [-0.3, -0.25) is 4.79 Å². The molecule has 0 bridgehead atoms. The lowest BCUT2D eigenvalue weighted by Crippen LogP contribution is -2.49. The van der Waals surface area contributed by atoms with Gasteiger partial charge in [0.25, 0.3) is 0 Å². The summed E-state index contributed by atoms with van der Waals surface area (Å²) in [6, 6.07) is 15.8. The second-order valence-corrected chi connectivity index (χ2v) is 10.4. The van der Waals surface area contributed by atoms with Crippen LogP contribution in [0.5, 0.6) is 0 Å². The fourth-order valence-electron chi connectivity index (χ4n) is 4.39. The lowest BCUT2D eigenvalue weighted by molar-refractivity contribution is -0.123. The summed E-state index contributed by atoms with van der Waals surface area (Å²) < 4.78 is 10.8. The number of fused-ring (bicyclic) bond motifs is 3. The molecule has 2 aliphatic carbocycles. The molecule has 0 aromatic heterocycles. The minimum Gasteiger partial charge on any atom is -0.449 e. The maximum Gasteiger partial charge on any atom is 0.408 e. The normalized spacial score (nSPS) is 15.3. The fourth-order valence-corrected chi connectivity index (χ4v) is 4.39. The average Bonchev–Trinajstić information content (AvgIpc) is 3.58. The van der Waals surface area contributed by atoms with Crippen LogP contribution in [0.3, 0.4) is 0 Å². The van der Waals surface area contributed by atoms with Crippen LogP contribution in [0.15, 0.2) is 48.5 Å². The van der Waals surface area contributed by atoms with Gasteiger partial charge in [0.1, 0.15) is 18.2 Å². The van der Waals surface area contributed by atoms with Gasteiger partial charge in [0.2, 0.25) is 5.91 Å². The molecule has 8 heteroatoms. The van der Waals surface area contributed by atoms with Crippen molar-refractivity contribution in [3.63, 3.8) is 0 Å². The summed E-state index contributed by atoms with van der Waals surface area (Å²) in [5.74, 6) is -0.235. The van der Waals surface area contributed by atoms with Gasteiger partial charge in [0, 0.05) is 18.5 Å². The highest BCUT2D eigenvalue weighted by atomic mass is 16.6. The molecule has 3 N–H and O–H groups in total. The Kier molecular flexibility index (Phi) is 7.82. The molecule has 0 unspecified atom stereocenters. The van der Waals surface area contributed by atoms with Crippen molar-refractivity contribution in [3.8, 4) is 11.1 Å². The summed E-state index contributed by atoms with van der Waals surface area (Å²) in [7, 11) is 0. The highest BCUT2D eigenvalue weighted by molar-refractivity contribution is 5.86. The Hall–Kier alpha value is -3.55. The molecule has 0 heterocycles. The predicted molar refractivity (Wildman–Crippen MR) is 137 cm³/mol. The third kappa shape index (κ3) is 6.77. The molecule has 8 nitrogen and oxygen atoms in total. The number of carbonyl (C=O) groups excluding carboxylic acids is 3. The van der Waals surface area contributed by atoms with Crippen molar-refractivity contribution in [2.24, 2.45) is 0 Å². The Morgan fingerprint density at radius 3 is 2.14 bits per heavy atom. The highest BCUT2D eigenvalue weighted by Gasteiger charge is 2.30. The maximum absolute atomic E-state index is 12.6. The number of hydrogen-bond donors (Lipinski definition) is 3. The third-order valence-corrected chi connectivity index (χ3v) is 6.21. The number of amides is 3. The van der Waals surface area contributed by atoms with E-state index in [1.807, 2.05) is 24.3 Å². The van der Waals surface area contributed by atoms with Crippen molar-refractivity contribution in [1.29, 1.82) is 0 Å². The van der Waals surface area contributed by atoms with Crippen LogP contribution in [0.4, 0.5) is 9.59 Å². The zero-order chi connectivity index (χ0) is 25.7. The Bertz CT molecular complexity index is 1060. The summed E-state index contributed by atoms with van der Waals surface area (Å²) in [5.41, 5.74) is 4.01. The predicted octanol–water partition coefficient (Wildman–Crippen LogP) is 4.48. The average molecular weight is 494 g/mol. The van der Waals surface area contributed by atoms with Crippen LogP contribution in [0.1, 0.15) is 63.5 Å². The Morgan fingerprint density at radius 1 is 0.944 bits per heavy atom. The third-order valence-electron chi connectivity index (χ3n) is 6.21. The first-order chi connectivity index (χ1) is 17.2. The van der Waals surface area contributed by atoms with E-state index in [2.05, 4.69) is 40.2 Å². The molecule has 3 amide bonds. The molecule has 4 rings (SSSR count). The lowest BCUT2D eigenvalue weighted by Gasteiger charge is -2.23. The van der Waals surface area contributed by atoms with Crippen LogP contribution >= 0.6 is 0 Å². The van der Waals surface area contributed by atoms with Crippen LogP contribution < -0.4 is 16.0 Å². The first-order valence-electron chi connectivity index (χ1n) is 12.6. The van der Waals surface area contributed by atoms with Crippen molar-refractivity contribution >= 4 is 18.1 Å². The summed E-state index contributed by atoms with van der Waals surface area (Å²) in [4.78, 5) is 37.2. The minimum atomic E-state index is -0.732. The molecule has 0 saturated heterocycles. The summed E-state index contributed by atoms with van der Waals surface area (Å²) in [6.45, 7) is 5.87. The smallest absolute Gasteiger partial charge is 0.408 e. The van der Waals surface area contributed by atoms with Crippen LogP contribution in [0, 0.1) is 0 Å². The van der Waals surface area contributed by atoms with Crippen LogP contribution in [-0.2, 0) is 14.3 Å². The monoisotopic (exact) mass is 493 g/mol. The van der Waals surface area contributed by atoms with Gasteiger partial charge in [-0.25, -0.2) is 9.59 Å². The van der Waals surface area contributed by atoms with Crippen molar-refractivity contribution in [3.05, 3.63) is 59.7 Å². The van der Waals surface area contributed by atoms with Gasteiger partial charge < -0.3 is 25.4 Å². The number of carbonyl (C=O) groups is 3. The van der Waals surface area contributed by atoms with Crippen molar-refractivity contribution < 1.29 is 23.9 Å². The van der Waals surface area contributed by atoms with E-state index in [-0.39, 0.29) is 24.5 Å². The van der Waals surface area contributed by atoms with Crippen molar-refractivity contribution in [1.82, 2.24) is 16.0 Å². The zero-order valence-electron chi connectivity index (χ0n) is 21.1. The standard InChI is InChI=1S/C28H35N3O5/c1-28(2,3)36-27(34)31-24(25(32)30-18-14-15-18)13-8-16-29-26(33)35-17-23-21-11-6-4-9-19(21)20-10-5-7-12-22(20)23/h4-7,9-12,18,23-24H,8,13-17H2,1-3H3,(H,29,33)(H,30,32)(H,31,34)/t24-/m0/s1. The van der Waals surface area contributed by atoms with E-state index in [9.17, 15) is 14.4 Å². The zero-order valence-corrected chi connectivity index (χ0v) is 21.1. The number of alkyl carbamates (subject to hydrolysis) is 2. The Morgan fingerprint density at radius 2 is 1.56 bits per heavy atom. The second-order valence-electron chi connectivity index (χ2n) is 10.4. The number of benzene rings is 2. The minimum absolute atomic E-state index is 0.00307. The van der Waals surface area contributed by atoms with Gasteiger partial charge in [0.05, 0.1) is 0 Å². The van der Waals surface area contributed by atoms with Gasteiger partial charge in [-0.1, -0.05) is 48.5 Å². The van der Waals surface area contributed by atoms with E-state index < -0.39 is 23.8 Å². The molecular formula is C28H35N3O5. The van der Waals surface area contributed by atoms with Gasteiger partial charge in [-0.15, -0.1) is 0 Å². The van der Waals surface area contributed by atoms with Crippen molar-refractivity contribution in [2.45, 2.75) is 70.1 Å². The summed E-state index contributed by atoms with van der Waals surface area (Å²) in [6.07, 6.45) is 1.62. The fraction of sp³-hybridized carbons (Fsp3) is 0.464. The van der Waals surface area contributed by atoms with E-state index in [1.54, 1.807) is 20.8 Å².